The van der Waals surface area contributed by atoms with Crippen molar-refractivity contribution in [2.75, 3.05) is 5.73 Å². The van der Waals surface area contributed by atoms with Crippen molar-refractivity contribution in [2.24, 2.45) is 0 Å². The van der Waals surface area contributed by atoms with Gasteiger partial charge >= 0.3 is 6.18 Å². The lowest BCUT2D eigenvalue weighted by Crippen LogP contribution is -2.08. The summed E-state index contributed by atoms with van der Waals surface area (Å²) in [6.45, 7) is 0. The first-order valence-corrected chi connectivity index (χ1v) is 8.90. The van der Waals surface area contributed by atoms with Gasteiger partial charge in [-0.1, -0.05) is 29.0 Å². The normalized spacial score (nSPS) is 11.7. The second-order valence-electron chi connectivity index (χ2n) is 5.53. The molecule has 0 fully saturated rings. The summed E-state index contributed by atoms with van der Waals surface area (Å²) >= 11 is 7.25. The molecule has 0 atom stereocenters. The molecule has 6 nitrogen and oxygen atoms in total. The third-order valence-corrected chi connectivity index (χ3v) is 4.81. The van der Waals surface area contributed by atoms with Gasteiger partial charge in [-0.05, 0) is 24.3 Å². The van der Waals surface area contributed by atoms with E-state index in [1.165, 1.54) is 29.8 Å². The van der Waals surface area contributed by atoms with Crippen molar-refractivity contribution >= 4 is 38.3 Å². The average Bonchev–Trinajstić information content (AvgIpc) is 3.02. The standard InChI is InChI=1S/C17H9ClF3N5OS/c18-15-8(4-5-12(25-15)17(19,20)21)9-6-13(24-7-23-9)27-10-2-1-3-11-14(10)26-16(22)28-11/h1-7H,(H2,22,26). The van der Waals surface area contributed by atoms with E-state index in [0.717, 1.165) is 10.8 Å². The molecule has 3 heterocycles. The lowest BCUT2D eigenvalue weighted by Gasteiger charge is -2.10. The van der Waals surface area contributed by atoms with Crippen LogP contribution in [0.5, 0.6) is 11.6 Å². The lowest BCUT2D eigenvalue weighted by atomic mass is 10.2. The fourth-order valence-corrected chi connectivity index (χ4v) is 3.46. The van der Waals surface area contributed by atoms with Gasteiger partial charge in [-0.25, -0.2) is 19.9 Å². The summed E-state index contributed by atoms with van der Waals surface area (Å²) in [6, 6.07) is 8.83. The predicted octanol–water partition coefficient (Wildman–Crippen LogP) is 5.20. The van der Waals surface area contributed by atoms with Crippen LogP contribution in [-0.2, 0) is 6.18 Å². The summed E-state index contributed by atoms with van der Waals surface area (Å²) in [7, 11) is 0. The van der Waals surface area contributed by atoms with Crippen LogP contribution in [0.3, 0.4) is 0 Å². The van der Waals surface area contributed by atoms with Gasteiger partial charge in [0.15, 0.2) is 10.9 Å². The van der Waals surface area contributed by atoms with Gasteiger partial charge in [-0.3, -0.25) is 0 Å². The zero-order chi connectivity index (χ0) is 19.9. The fourth-order valence-electron chi connectivity index (χ4n) is 2.46. The number of alkyl halides is 3. The number of aromatic nitrogens is 4. The molecular weight excluding hydrogens is 415 g/mol. The predicted molar refractivity (Wildman–Crippen MR) is 99.4 cm³/mol. The zero-order valence-corrected chi connectivity index (χ0v) is 15.3. The van der Waals surface area contributed by atoms with Gasteiger partial charge < -0.3 is 10.5 Å². The number of halogens is 4. The number of nitrogen functional groups attached to an aromatic ring is 1. The molecule has 0 aliphatic carbocycles. The molecule has 0 aliphatic rings. The molecule has 2 N–H and O–H groups in total. The third-order valence-electron chi connectivity index (χ3n) is 3.67. The lowest BCUT2D eigenvalue weighted by molar-refractivity contribution is -0.141. The maximum absolute atomic E-state index is 12.8. The summed E-state index contributed by atoms with van der Waals surface area (Å²) in [5, 5.41) is 0.0749. The Morgan fingerprint density at radius 1 is 1.07 bits per heavy atom. The highest BCUT2D eigenvalue weighted by Crippen LogP contribution is 2.35. The topological polar surface area (TPSA) is 86.8 Å². The SMILES string of the molecule is Nc1nc2c(Oc3cc(-c4ccc(C(F)(F)F)nc4Cl)ncn3)cccc2s1. The van der Waals surface area contributed by atoms with Gasteiger partial charge in [0.2, 0.25) is 5.88 Å². The second-order valence-corrected chi connectivity index (χ2v) is 6.95. The molecule has 3 aromatic heterocycles. The Kier molecular flexibility index (Phi) is 4.52. The average molecular weight is 424 g/mol. The minimum atomic E-state index is -4.59. The third kappa shape index (κ3) is 3.56. The van der Waals surface area contributed by atoms with E-state index in [2.05, 4.69) is 19.9 Å². The number of hydrogen-bond acceptors (Lipinski definition) is 7. The van der Waals surface area contributed by atoms with Crippen molar-refractivity contribution in [2.45, 2.75) is 6.18 Å². The Morgan fingerprint density at radius 2 is 1.89 bits per heavy atom. The Labute approximate surface area is 164 Å². The molecule has 0 bridgehead atoms. The molecule has 28 heavy (non-hydrogen) atoms. The van der Waals surface area contributed by atoms with Crippen molar-refractivity contribution in [1.29, 1.82) is 0 Å². The van der Waals surface area contributed by atoms with Crippen LogP contribution in [0.15, 0.2) is 42.7 Å². The monoisotopic (exact) mass is 423 g/mol. The number of hydrogen-bond donors (Lipinski definition) is 1. The Morgan fingerprint density at radius 3 is 2.64 bits per heavy atom. The van der Waals surface area contributed by atoms with Crippen LogP contribution >= 0.6 is 22.9 Å². The van der Waals surface area contributed by atoms with Crippen LogP contribution < -0.4 is 10.5 Å². The molecule has 1 aromatic carbocycles. The molecule has 142 valence electrons. The number of nitrogens with zero attached hydrogens (tertiary/aromatic N) is 4. The van der Waals surface area contributed by atoms with E-state index in [4.69, 9.17) is 22.1 Å². The van der Waals surface area contributed by atoms with Crippen LogP contribution in [0.2, 0.25) is 5.15 Å². The number of benzene rings is 1. The summed E-state index contributed by atoms with van der Waals surface area (Å²) in [4.78, 5) is 15.7. The van der Waals surface area contributed by atoms with E-state index in [-0.39, 0.29) is 22.3 Å². The van der Waals surface area contributed by atoms with E-state index in [1.54, 1.807) is 12.1 Å². The zero-order valence-electron chi connectivity index (χ0n) is 13.7. The smallest absolute Gasteiger partial charge is 0.433 e. The van der Waals surface area contributed by atoms with Crippen LogP contribution in [0.25, 0.3) is 21.5 Å². The molecule has 0 unspecified atom stereocenters. The Balaban J connectivity index is 1.68. The maximum Gasteiger partial charge on any atom is 0.433 e. The maximum atomic E-state index is 12.8. The molecule has 0 saturated heterocycles. The number of ether oxygens (including phenoxy) is 1. The molecular formula is C17H9ClF3N5OS. The fraction of sp³-hybridized carbons (Fsp3) is 0.0588. The summed E-state index contributed by atoms with van der Waals surface area (Å²) in [6.07, 6.45) is -3.37. The molecule has 0 saturated carbocycles. The minimum absolute atomic E-state index is 0.167. The van der Waals surface area contributed by atoms with Gasteiger partial charge in [0.1, 0.15) is 22.7 Å². The number of pyridine rings is 1. The number of para-hydroxylation sites is 1. The van der Waals surface area contributed by atoms with Crippen molar-refractivity contribution < 1.29 is 17.9 Å². The van der Waals surface area contributed by atoms with Gasteiger partial charge in [0.25, 0.3) is 0 Å². The highest BCUT2D eigenvalue weighted by atomic mass is 35.5. The van der Waals surface area contributed by atoms with Gasteiger partial charge in [0.05, 0.1) is 10.4 Å². The summed E-state index contributed by atoms with van der Waals surface area (Å²) in [5.74, 6) is 0.603. The van der Waals surface area contributed by atoms with E-state index in [9.17, 15) is 13.2 Å². The molecule has 11 heteroatoms. The largest absolute Gasteiger partial charge is 0.437 e. The van der Waals surface area contributed by atoms with E-state index in [1.807, 2.05) is 6.07 Å². The molecule has 0 spiro atoms. The van der Waals surface area contributed by atoms with Crippen LogP contribution in [0.4, 0.5) is 18.3 Å². The van der Waals surface area contributed by atoms with Gasteiger partial charge in [0, 0.05) is 11.6 Å². The Bertz CT molecular complexity index is 1180. The van der Waals surface area contributed by atoms with Crippen molar-refractivity contribution in [3.63, 3.8) is 0 Å². The van der Waals surface area contributed by atoms with Crippen LogP contribution in [0, 0.1) is 0 Å². The molecule has 4 aromatic rings. The Hall–Kier alpha value is -2.98. The van der Waals surface area contributed by atoms with Crippen molar-refractivity contribution in [3.8, 4) is 22.9 Å². The second kappa shape index (κ2) is 6.88. The number of thiazole rings is 1. The van der Waals surface area contributed by atoms with Crippen molar-refractivity contribution in [1.82, 2.24) is 19.9 Å². The molecule has 0 aliphatic heterocycles. The van der Waals surface area contributed by atoms with Crippen LogP contribution in [-0.4, -0.2) is 19.9 Å². The highest BCUT2D eigenvalue weighted by Gasteiger charge is 2.33. The van der Waals surface area contributed by atoms with Gasteiger partial charge in [-0.15, -0.1) is 0 Å². The molecule has 0 amide bonds. The van der Waals surface area contributed by atoms with Crippen molar-refractivity contribution in [3.05, 3.63) is 53.6 Å². The first kappa shape index (κ1) is 18.4. The summed E-state index contributed by atoms with van der Waals surface area (Å²) in [5.41, 5.74) is 5.72. The minimum Gasteiger partial charge on any atom is -0.437 e. The van der Waals surface area contributed by atoms with E-state index in [0.29, 0.717) is 16.4 Å². The van der Waals surface area contributed by atoms with Gasteiger partial charge in [-0.2, -0.15) is 13.2 Å². The number of nitrogens with two attached hydrogens (primary N) is 1. The number of rotatable bonds is 3. The first-order valence-electron chi connectivity index (χ1n) is 7.70. The van der Waals surface area contributed by atoms with Crippen LogP contribution in [0.1, 0.15) is 5.69 Å². The van der Waals surface area contributed by atoms with E-state index < -0.39 is 11.9 Å². The number of anilines is 1. The molecule has 0 radical (unpaired) electrons. The van der Waals surface area contributed by atoms with E-state index >= 15 is 0 Å². The highest BCUT2D eigenvalue weighted by molar-refractivity contribution is 7.22. The first-order chi connectivity index (χ1) is 13.3. The molecule has 4 rings (SSSR count). The summed E-state index contributed by atoms with van der Waals surface area (Å²) < 4.78 is 44.9. The quantitative estimate of drug-likeness (QED) is 0.456. The number of fused-ring (bicyclic) bond motifs is 1.